The molecule has 2 heterocycles. The van der Waals surface area contributed by atoms with E-state index in [0.29, 0.717) is 23.2 Å². The Bertz CT molecular complexity index is 976. The van der Waals surface area contributed by atoms with E-state index in [9.17, 15) is 4.79 Å². The lowest BCUT2D eigenvalue weighted by Crippen LogP contribution is -2.28. The summed E-state index contributed by atoms with van der Waals surface area (Å²) >= 11 is 6.14. The minimum atomic E-state index is -0.246. The SMILES string of the molecule is O=C(NCc1ccccc1Cl)c1ccnc(N2CCCc3ccccc32)n1. The predicted octanol–water partition coefficient (Wildman–Crippen LogP) is 4.14. The molecule has 1 aliphatic heterocycles. The fourth-order valence-corrected chi connectivity index (χ4v) is 3.46. The summed E-state index contributed by atoms with van der Waals surface area (Å²) in [6, 6.07) is 17.3. The van der Waals surface area contributed by atoms with Gasteiger partial charge in [-0.05, 0) is 42.2 Å². The Labute approximate surface area is 163 Å². The molecule has 0 radical (unpaired) electrons. The molecule has 0 saturated carbocycles. The van der Waals surface area contributed by atoms with Crippen LogP contribution in [0.15, 0.2) is 60.8 Å². The van der Waals surface area contributed by atoms with Gasteiger partial charge in [0.1, 0.15) is 5.69 Å². The maximum absolute atomic E-state index is 12.5. The second-order valence-corrected chi connectivity index (χ2v) is 6.81. The number of carbonyl (C=O) groups is 1. The van der Waals surface area contributed by atoms with Gasteiger partial charge in [0.25, 0.3) is 5.91 Å². The first kappa shape index (κ1) is 17.5. The second kappa shape index (κ2) is 7.76. The van der Waals surface area contributed by atoms with Crippen LogP contribution in [0.5, 0.6) is 0 Å². The van der Waals surface area contributed by atoms with Gasteiger partial charge in [0.05, 0.1) is 0 Å². The van der Waals surface area contributed by atoms with Crippen molar-refractivity contribution in [2.45, 2.75) is 19.4 Å². The van der Waals surface area contributed by atoms with Crippen molar-refractivity contribution in [3.63, 3.8) is 0 Å². The number of hydrogen-bond donors (Lipinski definition) is 1. The summed E-state index contributed by atoms with van der Waals surface area (Å²) in [5, 5.41) is 3.50. The second-order valence-electron chi connectivity index (χ2n) is 6.40. The van der Waals surface area contributed by atoms with E-state index < -0.39 is 0 Å². The van der Waals surface area contributed by atoms with Crippen molar-refractivity contribution >= 4 is 29.1 Å². The van der Waals surface area contributed by atoms with Gasteiger partial charge in [-0.3, -0.25) is 4.79 Å². The molecule has 0 fully saturated rings. The molecule has 1 aliphatic rings. The molecule has 0 unspecified atom stereocenters. The average molecular weight is 379 g/mol. The lowest BCUT2D eigenvalue weighted by molar-refractivity contribution is 0.0946. The molecular weight excluding hydrogens is 360 g/mol. The number of halogens is 1. The summed E-state index contributed by atoms with van der Waals surface area (Å²) < 4.78 is 0. The zero-order valence-corrected chi connectivity index (χ0v) is 15.5. The van der Waals surface area contributed by atoms with Crippen LogP contribution in [0.4, 0.5) is 11.6 Å². The van der Waals surface area contributed by atoms with Crippen LogP contribution in [-0.4, -0.2) is 22.4 Å². The summed E-state index contributed by atoms with van der Waals surface area (Å²) in [6.07, 6.45) is 3.71. The molecule has 0 bridgehead atoms. The zero-order valence-electron chi connectivity index (χ0n) is 14.7. The molecule has 0 atom stereocenters. The number of aromatic nitrogens is 2. The van der Waals surface area contributed by atoms with Crippen molar-refractivity contribution in [1.29, 1.82) is 0 Å². The molecule has 27 heavy (non-hydrogen) atoms. The van der Waals surface area contributed by atoms with Gasteiger partial charge in [-0.1, -0.05) is 48.0 Å². The summed E-state index contributed by atoms with van der Waals surface area (Å²) in [5.74, 6) is 0.302. The van der Waals surface area contributed by atoms with E-state index >= 15 is 0 Å². The first-order chi connectivity index (χ1) is 13.2. The van der Waals surface area contributed by atoms with Gasteiger partial charge < -0.3 is 10.2 Å². The largest absolute Gasteiger partial charge is 0.347 e. The molecule has 0 aliphatic carbocycles. The summed E-state index contributed by atoms with van der Waals surface area (Å²) in [5.41, 5.74) is 3.60. The molecule has 1 amide bonds. The van der Waals surface area contributed by atoms with Gasteiger partial charge >= 0.3 is 0 Å². The van der Waals surface area contributed by atoms with Gasteiger partial charge in [0.2, 0.25) is 5.95 Å². The van der Waals surface area contributed by atoms with E-state index in [-0.39, 0.29) is 5.91 Å². The fraction of sp³-hybridized carbons (Fsp3) is 0.190. The number of fused-ring (bicyclic) bond motifs is 1. The van der Waals surface area contributed by atoms with E-state index in [4.69, 9.17) is 11.6 Å². The first-order valence-electron chi connectivity index (χ1n) is 8.92. The van der Waals surface area contributed by atoms with Crippen molar-refractivity contribution in [2.24, 2.45) is 0 Å². The highest BCUT2D eigenvalue weighted by Crippen LogP contribution is 2.31. The Morgan fingerprint density at radius 2 is 1.93 bits per heavy atom. The molecule has 3 aromatic rings. The Kier molecular flexibility index (Phi) is 5.03. The highest BCUT2D eigenvalue weighted by molar-refractivity contribution is 6.31. The van der Waals surface area contributed by atoms with E-state index in [1.165, 1.54) is 5.56 Å². The Balaban J connectivity index is 1.53. The molecule has 0 spiro atoms. The fourth-order valence-electron chi connectivity index (χ4n) is 3.25. The van der Waals surface area contributed by atoms with Crippen molar-refractivity contribution in [1.82, 2.24) is 15.3 Å². The number of rotatable bonds is 4. The smallest absolute Gasteiger partial charge is 0.270 e. The number of nitrogens with zero attached hydrogens (tertiary/aromatic N) is 3. The lowest BCUT2D eigenvalue weighted by atomic mass is 10.0. The molecule has 136 valence electrons. The molecule has 6 heteroatoms. The van der Waals surface area contributed by atoms with E-state index in [0.717, 1.165) is 30.6 Å². The number of anilines is 2. The molecule has 2 aromatic carbocycles. The average Bonchev–Trinajstić information content (AvgIpc) is 2.72. The molecule has 4 rings (SSSR count). The topological polar surface area (TPSA) is 58.1 Å². The van der Waals surface area contributed by atoms with Gasteiger partial charge in [-0.2, -0.15) is 0 Å². The van der Waals surface area contributed by atoms with Gasteiger partial charge in [-0.25, -0.2) is 9.97 Å². The van der Waals surface area contributed by atoms with Crippen LogP contribution in [0.25, 0.3) is 0 Å². The maximum Gasteiger partial charge on any atom is 0.270 e. The van der Waals surface area contributed by atoms with E-state index in [1.54, 1.807) is 18.3 Å². The summed E-state index contributed by atoms with van der Waals surface area (Å²) in [7, 11) is 0. The molecule has 0 saturated heterocycles. The van der Waals surface area contributed by atoms with Gasteiger partial charge in [-0.15, -0.1) is 0 Å². The standard InChI is InChI=1S/C21H19ClN4O/c22-17-9-3-1-7-16(17)14-24-20(27)18-11-12-23-21(25-18)26-13-5-8-15-6-2-4-10-19(15)26/h1-4,6-7,9-12H,5,8,13-14H2,(H,24,27). The predicted molar refractivity (Wildman–Crippen MR) is 106 cm³/mol. The van der Waals surface area contributed by atoms with Gasteiger partial charge in [0, 0.05) is 30.0 Å². The van der Waals surface area contributed by atoms with Crippen LogP contribution >= 0.6 is 11.6 Å². The van der Waals surface area contributed by atoms with Gasteiger partial charge in [0.15, 0.2) is 0 Å². The third-order valence-corrected chi connectivity index (χ3v) is 4.99. The zero-order chi connectivity index (χ0) is 18.6. The Morgan fingerprint density at radius 1 is 1.11 bits per heavy atom. The van der Waals surface area contributed by atoms with Crippen molar-refractivity contribution in [2.75, 3.05) is 11.4 Å². The maximum atomic E-state index is 12.5. The van der Waals surface area contributed by atoms with Crippen LogP contribution in [0, 0.1) is 0 Å². The normalized spacial score (nSPS) is 13.1. The number of aryl methyl sites for hydroxylation is 1. The molecule has 1 aromatic heterocycles. The Morgan fingerprint density at radius 3 is 2.81 bits per heavy atom. The number of amides is 1. The quantitative estimate of drug-likeness (QED) is 0.741. The summed E-state index contributed by atoms with van der Waals surface area (Å²) in [4.78, 5) is 23.5. The number of nitrogens with one attached hydrogen (secondary N) is 1. The van der Waals surface area contributed by atoms with Crippen LogP contribution in [-0.2, 0) is 13.0 Å². The minimum Gasteiger partial charge on any atom is -0.347 e. The first-order valence-corrected chi connectivity index (χ1v) is 9.30. The van der Waals surface area contributed by atoms with Crippen molar-refractivity contribution < 1.29 is 4.79 Å². The van der Waals surface area contributed by atoms with Crippen LogP contribution in [0.1, 0.15) is 28.0 Å². The van der Waals surface area contributed by atoms with E-state index in [2.05, 4.69) is 32.3 Å². The van der Waals surface area contributed by atoms with E-state index in [1.807, 2.05) is 30.3 Å². The highest BCUT2D eigenvalue weighted by atomic mass is 35.5. The lowest BCUT2D eigenvalue weighted by Gasteiger charge is -2.29. The minimum absolute atomic E-state index is 0.246. The third kappa shape index (κ3) is 3.78. The molecular formula is C21H19ClN4O. The summed E-state index contributed by atoms with van der Waals surface area (Å²) in [6.45, 7) is 1.19. The van der Waals surface area contributed by atoms with Crippen LogP contribution < -0.4 is 10.2 Å². The number of para-hydroxylation sites is 1. The van der Waals surface area contributed by atoms with Crippen molar-refractivity contribution in [3.05, 3.63) is 82.6 Å². The van der Waals surface area contributed by atoms with Crippen LogP contribution in [0.2, 0.25) is 5.02 Å². The number of hydrogen-bond acceptors (Lipinski definition) is 4. The number of benzene rings is 2. The molecule has 1 N–H and O–H groups in total. The highest BCUT2D eigenvalue weighted by Gasteiger charge is 2.20. The number of carbonyl (C=O) groups excluding carboxylic acids is 1. The monoisotopic (exact) mass is 378 g/mol. The Hall–Kier alpha value is -2.92. The third-order valence-electron chi connectivity index (χ3n) is 4.62. The van der Waals surface area contributed by atoms with Crippen molar-refractivity contribution in [3.8, 4) is 0 Å². The molecule has 5 nitrogen and oxygen atoms in total. The van der Waals surface area contributed by atoms with Crippen LogP contribution in [0.3, 0.4) is 0 Å².